The molecule has 0 aliphatic heterocycles. The van der Waals surface area contributed by atoms with E-state index in [9.17, 15) is 9.59 Å². The number of benzene rings is 4. The normalized spacial score (nSPS) is 10.5. The summed E-state index contributed by atoms with van der Waals surface area (Å²) in [5, 5.41) is 0. The molecule has 0 aliphatic rings. The Morgan fingerprint density at radius 3 is 1.65 bits per heavy atom. The average molecular weight is 451 g/mol. The Morgan fingerprint density at radius 2 is 1.15 bits per heavy atom. The highest BCUT2D eigenvalue weighted by atomic mass is 16.6. The van der Waals surface area contributed by atoms with Crippen LogP contribution in [0.3, 0.4) is 0 Å². The fraction of sp³-hybridized carbons (Fsp3) is 0.133. The van der Waals surface area contributed by atoms with Crippen molar-refractivity contribution in [3.63, 3.8) is 0 Å². The predicted octanol–water partition coefficient (Wildman–Crippen LogP) is 7.05. The number of aryl methyl sites for hydroxylation is 1. The first-order valence-corrected chi connectivity index (χ1v) is 11.3. The molecule has 4 rings (SSSR count). The van der Waals surface area contributed by atoms with Crippen molar-refractivity contribution in [1.29, 1.82) is 0 Å². The molecular weight excluding hydrogens is 424 g/mol. The van der Waals surface area contributed by atoms with Crippen LogP contribution in [0.5, 0.6) is 11.5 Å². The fourth-order valence-electron chi connectivity index (χ4n) is 3.87. The van der Waals surface area contributed by atoms with Crippen molar-refractivity contribution in [2.75, 3.05) is 0 Å². The average Bonchev–Trinajstić information content (AvgIpc) is 2.89. The molecule has 0 aromatic heterocycles. The second-order valence-electron chi connectivity index (χ2n) is 8.00. The van der Waals surface area contributed by atoms with Gasteiger partial charge in [0.15, 0.2) is 11.5 Å². The van der Waals surface area contributed by atoms with Crippen LogP contribution in [-0.2, 0) is 6.42 Å². The van der Waals surface area contributed by atoms with Crippen LogP contribution in [-0.4, -0.2) is 11.9 Å². The topological polar surface area (TPSA) is 52.6 Å². The summed E-state index contributed by atoms with van der Waals surface area (Å²) < 4.78 is 11.8. The van der Waals surface area contributed by atoms with Gasteiger partial charge >= 0.3 is 11.9 Å². The van der Waals surface area contributed by atoms with Gasteiger partial charge in [0.05, 0.1) is 11.1 Å². The SMILES string of the molecule is CCCc1c(-c2ccccc2)cc(C)c(OC(=O)c2ccccc2)c1OC(=O)c1ccccc1. The molecule has 0 atom stereocenters. The van der Waals surface area contributed by atoms with E-state index >= 15 is 0 Å². The van der Waals surface area contributed by atoms with Gasteiger partial charge in [-0.2, -0.15) is 0 Å². The van der Waals surface area contributed by atoms with E-state index in [0.29, 0.717) is 28.9 Å². The predicted molar refractivity (Wildman–Crippen MR) is 133 cm³/mol. The molecule has 0 amide bonds. The zero-order chi connectivity index (χ0) is 23.9. The van der Waals surface area contributed by atoms with E-state index in [0.717, 1.165) is 23.1 Å². The van der Waals surface area contributed by atoms with E-state index in [1.807, 2.05) is 55.5 Å². The van der Waals surface area contributed by atoms with Crippen LogP contribution in [0.2, 0.25) is 0 Å². The van der Waals surface area contributed by atoms with Crippen molar-refractivity contribution in [2.24, 2.45) is 0 Å². The highest BCUT2D eigenvalue weighted by Gasteiger charge is 2.24. The Balaban J connectivity index is 1.86. The quantitative estimate of drug-likeness (QED) is 0.224. The van der Waals surface area contributed by atoms with E-state index in [-0.39, 0.29) is 5.75 Å². The van der Waals surface area contributed by atoms with Gasteiger partial charge in [-0.05, 0) is 60.4 Å². The highest BCUT2D eigenvalue weighted by molar-refractivity contribution is 5.94. The Morgan fingerprint density at radius 1 is 0.676 bits per heavy atom. The van der Waals surface area contributed by atoms with Crippen molar-refractivity contribution in [3.05, 3.63) is 119 Å². The van der Waals surface area contributed by atoms with Crippen molar-refractivity contribution in [3.8, 4) is 22.6 Å². The maximum Gasteiger partial charge on any atom is 0.343 e. The van der Waals surface area contributed by atoms with Crippen molar-refractivity contribution < 1.29 is 19.1 Å². The van der Waals surface area contributed by atoms with Crippen LogP contribution in [0.1, 0.15) is 45.2 Å². The van der Waals surface area contributed by atoms with Crippen LogP contribution in [0.4, 0.5) is 0 Å². The van der Waals surface area contributed by atoms with Gasteiger partial charge < -0.3 is 9.47 Å². The Hall–Kier alpha value is -4.18. The van der Waals surface area contributed by atoms with Gasteiger partial charge in [0.2, 0.25) is 0 Å². The molecule has 0 unspecified atom stereocenters. The third-order valence-electron chi connectivity index (χ3n) is 5.52. The minimum atomic E-state index is -0.504. The molecule has 4 aromatic rings. The standard InChI is InChI=1S/C30H26O4/c1-3-13-25-26(22-14-7-4-8-15-22)20-21(2)27(33-29(31)23-16-9-5-10-17-23)28(25)34-30(32)24-18-11-6-12-19-24/h4-12,14-20H,3,13H2,1-2H3. The summed E-state index contributed by atoms with van der Waals surface area (Å²) in [6.07, 6.45) is 1.47. The number of ether oxygens (including phenoxy) is 2. The van der Waals surface area contributed by atoms with Gasteiger partial charge in [-0.3, -0.25) is 0 Å². The lowest BCUT2D eigenvalue weighted by Crippen LogP contribution is -2.15. The fourth-order valence-corrected chi connectivity index (χ4v) is 3.87. The van der Waals surface area contributed by atoms with Crippen molar-refractivity contribution >= 4 is 11.9 Å². The molecule has 0 radical (unpaired) electrons. The summed E-state index contributed by atoms with van der Waals surface area (Å²) in [4.78, 5) is 26.0. The third-order valence-corrected chi connectivity index (χ3v) is 5.52. The van der Waals surface area contributed by atoms with Gasteiger partial charge in [-0.1, -0.05) is 80.1 Å². The van der Waals surface area contributed by atoms with Gasteiger partial charge in [-0.25, -0.2) is 9.59 Å². The van der Waals surface area contributed by atoms with E-state index in [2.05, 4.69) is 6.92 Å². The monoisotopic (exact) mass is 450 g/mol. The number of rotatable bonds is 7. The molecule has 0 bridgehead atoms. The van der Waals surface area contributed by atoms with E-state index in [4.69, 9.17) is 9.47 Å². The smallest absolute Gasteiger partial charge is 0.343 e. The van der Waals surface area contributed by atoms with E-state index in [1.54, 1.807) is 48.5 Å². The minimum absolute atomic E-state index is 0.265. The lowest BCUT2D eigenvalue weighted by Gasteiger charge is -2.20. The first-order valence-electron chi connectivity index (χ1n) is 11.3. The third kappa shape index (κ3) is 5.07. The molecule has 34 heavy (non-hydrogen) atoms. The zero-order valence-electron chi connectivity index (χ0n) is 19.3. The van der Waals surface area contributed by atoms with Gasteiger partial charge in [0.25, 0.3) is 0 Å². The molecule has 0 aliphatic carbocycles. The lowest BCUT2D eigenvalue weighted by molar-refractivity contribution is 0.0680. The molecule has 0 N–H and O–H groups in total. The summed E-state index contributed by atoms with van der Waals surface area (Å²) in [5.74, 6) is -0.449. The molecule has 170 valence electrons. The Bertz CT molecular complexity index is 1280. The van der Waals surface area contributed by atoms with E-state index < -0.39 is 11.9 Å². The van der Waals surface area contributed by atoms with Gasteiger partial charge in [-0.15, -0.1) is 0 Å². The van der Waals surface area contributed by atoms with Crippen LogP contribution in [0, 0.1) is 6.92 Å². The lowest BCUT2D eigenvalue weighted by atomic mass is 9.93. The maximum atomic E-state index is 13.1. The molecule has 0 fully saturated rings. The van der Waals surface area contributed by atoms with Crippen LogP contribution in [0.15, 0.2) is 97.1 Å². The number of carbonyl (C=O) groups excluding carboxylic acids is 2. The van der Waals surface area contributed by atoms with Gasteiger partial charge in [0, 0.05) is 5.56 Å². The second-order valence-corrected chi connectivity index (χ2v) is 8.00. The largest absolute Gasteiger partial charge is 0.419 e. The summed E-state index contributed by atoms with van der Waals surface area (Å²) >= 11 is 0. The maximum absolute atomic E-state index is 13.1. The number of hydrogen-bond donors (Lipinski definition) is 0. The first kappa shape index (κ1) is 23.0. The molecule has 4 aromatic carbocycles. The molecule has 0 heterocycles. The van der Waals surface area contributed by atoms with Crippen molar-refractivity contribution in [2.45, 2.75) is 26.7 Å². The number of hydrogen-bond acceptors (Lipinski definition) is 4. The number of esters is 2. The second kappa shape index (κ2) is 10.6. The summed E-state index contributed by atoms with van der Waals surface area (Å²) in [6.45, 7) is 3.92. The van der Waals surface area contributed by atoms with Crippen molar-refractivity contribution in [1.82, 2.24) is 0 Å². The summed E-state index contributed by atoms with van der Waals surface area (Å²) in [7, 11) is 0. The molecule has 0 saturated heterocycles. The highest BCUT2D eigenvalue weighted by Crippen LogP contribution is 2.42. The molecule has 4 heteroatoms. The minimum Gasteiger partial charge on any atom is -0.419 e. The summed E-state index contributed by atoms with van der Waals surface area (Å²) in [5.41, 5.74) is 4.35. The van der Waals surface area contributed by atoms with Gasteiger partial charge in [0.1, 0.15) is 0 Å². The van der Waals surface area contributed by atoms with E-state index in [1.165, 1.54) is 0 Å². The Labute approximate surface area is 199 Å². The summed E-state index contributed by atoms with van der Waals surface area (Å²) in [6, 6.07) is 29.5. The first-order chi connectivity index (χ1) is 16.6. The zero-order valence-corrected chi connectivity index (χ0v) is 19.3. The molecule has 0 spiro atoms. The molecular formula is C30H26O4. The number of carbonyl (C=O) groups is 2. The van der Waals surface area contributed by atoms with Crippen LogP contribution < -0.4 is 9.47 Å². The Kier molecular flexibility index (Phi) is 7.19. The molecule has 4 nitrogen and oxygen atoms in total. The van der Waals surface area contributed by atoms with Crippen LogP contribution in [0.25, 0.3) is 11.1 Å². The van der Waals surface area contributed by atoms with Crippen LogP contribution >= 0.6 is 0 Å². The molecule has 0 saturated carbocycles.